The maximum Gasteiger partial charge on any atom is 0.309 e. The zero-order chi connectivity index (χ0) is 32.7. The molecule has 0 radical (unpaired) electrons. The first-order chi connectivity index (χ1) is 20.7. The van der Waals surface area contributed by atoms with Gasteiger partial charge in [-0.1, -0.05) is 34.1 Å². The predicted octanol–water partition coefficient (Wildman–Crippen LogP) is 4.26. The van der Waals surface area contributed by atoms with Crippen LogP contribution in [0.3, 0.4) is 0 Å². The molecule has 2 aliphatic rings. The molecule has 10 nitrogen and oxygen atoms in total. The number of carbonyl (C=O) groups excluding carboxylic acids is 2. The Kier molecular flexibility index (Phi) is 13.5. The lowest BCUT2D eigenvalue weighted by atomic mass is 9.73. The van der Waals surface area contributed by atoms with Crippen molar-refractivity contribution >= 4 is 29.2 Å². The summed E-state index contributed by atoms with van der Waals surface area (Å²) in [6.45, 7) is 14.4. The van der Waals surface area contributed by atoms with E-state index in [-0.39, 0.29) is 29.8 Å². The molecule has 7 atom stereocenters. The van der Waals surface area contributed by atoms with Crippen molar-refractivity contribution in [1.82, 2.24) is 9.88 Å². The molecule has 1 aromatic rings. The molecule has 2 aliphatic heterocycles. The standard InChI is InChI=1S/C33H54N2O8S/c1-21-10-9-11-33(6)27(43-33)17-25(42-29(37)18-26(36)32(4,5)31(39)23(3)30(21)38)22(2)16-24-20-44-28(34-24)19-35(12-14-40-7)13-15-41-8/h16,20-21,23,25-27,30,36,38H,9-15,17-19H2,1-8H3/t21-,23+,25-,26-,27+,30-,33+/m1/s1. The molecule has 11 heteroatoms. The summed E-state index contributed by atoms with van der Waals surface area (Å²) in [5.41, 5.74) is 0.0561. The molecule has 2 fully saturated rings. The second kappa shape index (κ2) is 16.2. The fourth-order valence-corrected chi connectivity index (χ4v) is 6.78. The third kappa shape index (κ3) is 9.88. The van der Waals surface area contributed by atoms with E-state index in [0.29, 0.717) is 26.2 Å². The van der Waals surface area contributed by atoms with E-state index in [1.807, 2.05) is 25.3 Å². The molecule has 0 saturated carbocycles. The average molecular weight is 639 g/mol. The average Bonchev–Trinajstić information content (AvgIpc) is 3.39. The Hall–Kier alpha value is -1.73. The summed E-state index contributed by atoms with van der Waals surface area (Å²) in [6, 6.07) is 0. The smallest absolute Gasteiger partial charge is 0.309 e. The summed E-state index contributed by atoms with van der Waals surface area (Å²) in [7, 11) is 3.38. The van der Waals surface area contributed by atoms with Crippen LogP contribution in [0, 0.1) is 17.3 Å². The molecule has 0 aliphatic carbocycles. The highest BCUT2D eigenvalue weighted by molar-refractivity contribution is 7.09. The maximum atomic E-state index is 13.4. The van der Waals surface area contributed by atoms with Gasteiger partial charge in [0.15, 0.2) is 0 Å². The van der Waals surface area contributed by atoms with Crippen molar-refractivity contribution in [2.45, 2.75) is 110 Å². The fourth-order valence-electron chi connectivity index (χ4n) is 5.99. The van der Waals surface area contributed by atoms with Gasteiger partial charge in [0.05, 0.1) is 61.2 Å². The molecule has 3 heterocycles. The molecular formula is C33H54N2O8S. The number of hydrogen-bond donors (Lipinski definition) is 2. The summed E-state index contributed by atoms with van der Waals surface area (Å²) < 4.78 is 22.6. The van der Waals surface area contributed by atoms with E-state index in [1.165, 1.54) is 0 Å². The normalized spacial score (nSPS) is 32.4. The highest BCUT2D eigenvalue weighted by Crippen LogP contribution is 2.45. The molecule has 3 rings (SSSR count). The summed E-state index contributed by atoms with van der Waals surface area (Å²) >= 11 is 1.58. The van der Waals surface area contributed by atoms with Gasteiger partial charge in [-0.05, 0) is 44.3 Å². The molecule has 0 spiro atoms. The first kappa shape index (κ1) is 36.7. The minimum Gasteiger partial charge on any atom is -0.458 e. The summed E-state index contributed by atoms with van der Waals surface area (Å²) in [5.74, 6) is -1.62. The van der Waals surface area contributed by atoms with Crippen molar-refractivity contribution in [3.63, 3.8) is 0 Å². The van der Waals surface area contributed by atoms with Crippen molar-refractivity contribution in [3.8, 4) is 0 Å². The topological polar surface area (TPSA) is 131 Å². The quantitative estimate of drug-likeness (QED) is 0.283. The lowest BCUT2D eigenvalue weighted by Gasteiger charge is -2.34. The van der Waals surface area contributed by atoms with Gasteiger partial charge in [-0.3, -0.25) is 14.5 Å². The van der Waals surface area contributed by atoms with Crippen LogP contribution < -0.4 is 0 Å². The van der Waals surface area contributed by atoms with Crippen LogP contribution in [-0.2, 0) is 35.1 Å². The number of aliphatic hydroxyl groups excluding tert-OH is 2. The number of rotatable bonds is 10. The Morgan fingerprint density at radius 2 is 1.82 bits per heavy atom. The molecule has 2 saturated heterocycles. The first-order valence-electron chi connectivity index (χ1n) is 15.8. The highest BCUT2D eigenvalue weighted by Gasteiger charge is 2.53. The van der Waals surface area contributed by atoms with Gasteiger partial charge < -0.3 is 29.2 Å². The maximum absolute atomic E-state index is 13.4. The van der Waals surface area contributed by atoms with Crippen LogP contribution in [0.5, 0.6) is 0 Å². The van der Waals surface area contributed by atoms with Gasteiger partial charge in [0.25, 0.3) is 0 Å². The molecule has 0 unspecified atom stereocenters. The number of ketones is 1. The lowest BCUT2D eigenvalue weighted by Crippen LogP contribution is -2.45. The lowest BCUT2D eigenvalue weighted by molar-refractivity contribution is -0.154. The van der Waals surface area contributed by atoms with Gasteiger partial charge in [-0.2, -0.15) is 0 Å². The Morgan fingerprint density at radius 3 is 2.45 bits per heavy atom. The number of nitrogens with zero attached hydrogens (tertiary/aromatic N) is 2. The van der Waals surface area contributed by atoms with E-state index >= 15 is 0 Å². The van der Waals surface area contributed by atoms with Crippen molar-refractivity contribution in [1.29, 1.82) is 0 Å². The van der Waals surface area contributed by atoms with Crippen LogP contribution in [0.2, 0.25) is 0 Å². The number of epoxide rings is 1. The van der Waals surface area contributed by atoms with Gasteiger partial charge in [0.1, 0.15) is 16.9 Å². The summed E-state index contributed by atoms with van der Waals surface area (Å²) in [6.07, 6.45) is 1.75. The van der Waals surface area contributed by atoms with Crippen molar-refractivity contribution in [2.75, 3.05) is 40.5 Å². The SMILES string of the molecule is COCCN(CCOC)Cc1nc(C=C(C)[C@H]2C[C@@H]3O[C@@]3(C)CCC[C@@H](C)[C@@H](O)[C@H](C)C(=O)C(C)(C)[C@H](O)CC(=O)O2)cs1. The largest absolute Gasteiger partial charge is 0.458 e. The molecule has 250 valence electrons. The Bertz CT molecular complexity index is 1120. The van der Waals surface area contributed by atoms with Gasteiger partial charge >= 0.3 is 5.97 Å². The van der Waals surface area contributed by atoms with Crippen molar-refractivity contribution < 1.29 is 38.7 Å². The second-order valence-electron chi connectivity index (χ2n) is 13.4. The molecule has 0 amide bonds. The van der Waals surface area contributed by atoms with Gasteiger partial charge in [-0.25, -0.2) is 4.98 Å². The zero-order valence-electron chi connectivity index (χ0n) is 27.8. The van der Waals surface area contributed by atoms with Gasteiger partial charge in [0, 0.05) is 45.0 Å². The van der Waals surface area contributed by atoms with E-state index in [1.54, 1.807) is 46.3 Å². The number of hydrogen-bond acceptors (Lipinski definition) is 11. The number of Topliss-reactive ketones (excluding diaryl/α,β-unsaturated/α-hetero) is 1. The van der Waals surface area contributed by atoms with Crippen molar-refractivity contribution in [3.05, 3.63) is 21.7 Å². The van der Waals surface area contributed by atoms with Crippen LogP contribution in [0.25, 0.3) is 6.08 Å². The Morgan fingerprint density at radius 1 is 1.16 bits per heavy atom. The molecule has 0 aromatic carbocycles. The number of ether oxygens (including phenoxy) is 4. The van der Waals surface area contributed by atoms with E-state index in [2.05, 4.69) is 11.8 Å². The number of esters is 1. The number of fused-ring (bicyclic) bond motifs is 1. The van der Waals surface area contributed by atoms with Crippen molar-refractivity contribution in [2.24, 2.45) is 17.3 Å². The van der Waals surface area contributed by atoms with E-state index < -0.39 is 35.6 Å². The molecule has 1 aromatic heterocycles. The first-order valence-corrected chi connectivity index (χ1v) is 16.7. The third-order valence-electron chi connectivity index (χ3n) is 9.44. The van der Waals surface area contributed by atoms with Gasteiger partial charge in [0.2, 0.25) is 0 Å². The fraction of sp³-hybridized carbons (Fsp3) is 0.788. The number of cyclic esters (lactones) is 1. The number of thiazole rings is 1. The highest BCUT2D eigenvalue weighted by atomic mass is 32.1. The molecular weight excluding hydrogens is 584 g/mol. The molecule has 2 N–H and O–H groups in total. The Labute approximate surface area is 267 Å². The van der Waals surface area contributed by atoms with Gasteiger partial charge in [-0.15, -0.1) is 11.3 Å². The molecule has 0 bridgehead atoms. The van der Waals surface area contributed by atoms with Crippen LogP contribution in [0.15, 0.2) is 11.0 Å². The number of aromatic nitrogens is 1. The van der Waals surface area contributed by atoms with Crippen LogP contribution in [0.1, 0.15) is 84.3 Å². The number of methoxy groups -OCH3 is 2. The summed E-state index contributed by atoms with van der Waals surface area (Å²) in [5, 5.41) is 24.9. The van der Waals surface area contributed by atoms with Crippen LogP contribution >= 0.6 is 11.3 Å². The second-order valence-corrected chi connectivity index (χ2v) is 14.3. The summed E-state index contributed by atoms with van der Waals surface area (Å²) in [4.78, 5) is 33.6. The molecule has 44 heavy (non-hydrogen) atoms. The number of carbonyl (C=O) groups is 2. The van der Waals surface area contributed by atoms with E-state index in [9.17, 15) is 19.8 Å². The number of aliphatic hydroxyl groups is 2. The monoisotopic (exact) mass is 638 g/mol. The predicted molar refractivity (Wildman–Crippen MR) is 170 cm³/mol. The zero-order valence-corrected chi connectivity index (χ0v) is 28.7. The van der Waals surface area contributed by atoms with Crippen LogP contribution in [-0.4, -0.2) is 102 Å². The third-order valence-corrected chi connectivity index (χ3v) is 10.3. The minimum atomic E-state index is -1.26. The minimum absolute atomic E-state index is 0.0835. The Balaban J connectivity index is 1.80. The van der Waals surface area contributed by atoms with Crippen LogP contribution in [0.4, 0.5) is 0 Å². The van der Waals surface area contributed by atoms with E-state index in [0.717, 1.165) is 48.6 Å². The van der Waals surface area contributed by atoms with E-state index in [4.69, 9.17) is 23.9 Å².